The smallest absolute Gasteiger partial charge is 0.164 e. The summed E-state index contributed by atoms with van der Waals surface area (Å²) in [5, 5.41) is 0. The maximum atomic E-state index is 5.42. The van der Waals surface area contributed by atoms with Crippen molar-refractivity contribution in [2.24, 2.45) is 23.7 Å². The van der Waals surface area contributed by atoms with E-state index in [0.717, 1.165) is 39.9 Å². The lowest BCUT2D eigenvalue weighted by atomic mass is 9.43. The fourth-order valence-corrected chi connectivity index (χ4v) is 15.6. The molecule has 0 saturated heterocycles. The SMILES string of the molecule is CS1(C)c2ccccc2-c2ccc(-c3ccc4c(c3)C3(c5cccc(-c6nc(-c7ccccc7)nc(-c7cccc(-c8ccccc8)c7)n6)c5-4)C4CC5CC(C4)CC3C5)cc21. The Balaban J connectivity index is 1.01. The van der Waals surface area contributed by atoms with E-state index in [-0.39, 0.29) is 5.41 Å². The molecule has 4 fully saturated rings. The third-order valence-corrected chi connectivity index (χ3v) is 18.3. The molecule has 4 saturated carbocycles. The van der Waals surface area contributed by atoms with Gasteiger partial charge in [-0.15, -0.1) is 0 Å². The maximum absolute atomic E-state index is 5.42. The number of aromatic nitrogens is 3. The summed E-state index contributed by atoms with van der Waals surface area (Å²) in [5.74, 6) is 5.14. The van der Waals surface area contributed by atoms with Crippen molar-refractivity contribution in [2.45, 2.75) is 47.3 Å². The van der Waals surface area contributed by atoms with E-state index in [1.807, 2.05) is 0 Å². The number of nitrogens with zero attached hydrogens (tertiary/aromatic N) is 3. The summed E-state index contributed by atoms with van der Waals surface area (Å²) < 4.78 is 0. The predicted molar refractivity (Wildman–Crippen MR) is 252 cm³/mol. The molecule has 1 aromatic heterocycles. The molecule has 0 amide bonds. The van der Waals surface area contributed by atoms with Crippen LogP contribution in [-0.2, 0) is 5.41 Å². The molecule has 5 aliphatic carbocycles. The number of rotatable bonds is 5. The molecule has 8 aromatic rings. The largest absolute Gasteiger partial charge is 0.208 e. The molecule has 296 valence electrons. The van der Waals surface area contributed by atoms with E-state index in [4.69, 9.17) is 15.0 Å². The normalized spacial score (nSPS) is 23.6. The van der Waals surface area contributed by atoms with Crippen molar-refractivity contribution < 1.29 is 0 Å². The van der Waals surface area contributed by atoms with Gasteiger partial charge in [0.25, 0.3) is 0 Å². The second-order valence-electron chi connectivity index (χ2n) is 18.8. The molecule has 4 heteroatoms. The number of hydrogen-bond acceptors (Lipinski definition) is 3. The summed E-state index contributed by atoms with van der Waals surface area (Å²) >= 11 is 0. The first-order valence-corrected chi connectivity index (χ1v) is 24.6. The van der Waals surface area contributed by atoms with Gasteiger partial charge in [-0.3, -0.25) is 0 Å². The summed E-state index contributed by atoms with van der Waals surface area (Å²) in [6.07, 6.45) is 11.7. The first kappa shape index (κ1) is 35.6. The van der Waals surface area contributed by atoms with E-state index in [2.05, 4.69) is 176 Å². The Morgan fingerprint density at radius 3 is 1.69 bits per heavy atom. The second-order valence-corrected chi connectivity index (χ2v) is 22.3. The molecule has 14 rings (SSSR count). The molecule has 61 heavy (non-hydrogen) atoms. The summed E-state index contributed by atoms with van der Waals surface area (Å²) in [5.41, 5.74) is 16.6. The van der Waals surface area contributed by atoms with Gasteiger partial charge in [0.05, 0.1) is 0 Å². The van der Waals surface area contributed by atoms with Crippen molar-refractivity contribution in [2.75, 3.05) is 12.5 Å². The number of fused-ring (bicyclic) bond motifs is 6. The Hall–Kier alpha value is -6.10. The average molecular weight is 806 g/mol. The van der Waals surface area contributed by atoms with Gasteiger partial charge in [0.15, 0.2) is 17.5 Å². The quantitative estimate of drug-likeness (QED) is 0.174. The van der Waals surface area contributed by atoms with Gasteiger partial charge in [-0.2, -0.15) is 10.0 Å². The van der Waals surface area contributed by atoms with E-state index < -0.39 is 10.0 Å². The molecule has 0 atom stereocenters. The lowest BCUT2D eigenvalue weighted by molar-refractivity contribution is -0.0399. The zero-order valence-corrected chi connectivity index (χ0v) is 35.5. The minimum absolute atomic E-state index is 0.0102. The monoisotopic (exact) mass is 805 g/mol. The summed E-state index contributed by atoms with van der Waals surface area (Å²) in [7, 11) is -1.11. The van der Waals surface area contributed by atoms with Gasteiger partial charge in [-0.05, 0) is 148 Å². The Kier molecular flexibility index (Phi) is 7.71. The van der Waals surface area contributed by atoms with E-state index in [0.29, 0.717) is 23.5 Å². The number of benzene rings is 7. The van der Waals surface area contributed by atoms with Crippen LogP contribution in [0.4, 0.5) is 0 Å². The topological polar surface area (TPSA) is 38.7 Å². The highest BCUT2D eigenvalue weighted by molar-refractivity contribution is 8.33. The van der Waals surface area contributed by atoms with Gasteiger partial charge in [-0.1, -0.05) is 140 Å². The molecule has 1 aliphatic heterocycles. The van der Waals surface area contributed by atoms with Crippen molar-refractivity contribution in [1.82, 2.24) is 15.0 Å². The van der Waals surface area contributed by atoms with E-state index in [1.165, 1.54) is 86.4 Å². The average Bonchev–Trinajstić information content (AvgIpc) is 3.73. The Labute approximate surface area is 360 Å². The van der Waals surface area contributed by atoms with Crippen LogP contribution in [0.1, 0.15) is 43.2 Å². The van der Waals surface area contributed by atoms with Crippen LogP contribution in [0.3, 0.4) is 0 Å². The van der Waals surface area contributed by atoms with E-state index >= 15 is 0 Å². The molecule has 3 nitrogen and oxygen atoms in total. The van der Waals surface area contributed by atoms with Crippen molar-refractivity contribution >= 4 is 10.0 Å². The van der Waals surface area contributed by atoms with Crippen LogP contribution >= 0.6 is 10.0 Å². The van der Waals surface area contributed by atoms with Gasteiger partial charge in [0.1, 0.15) is 0 Å². The van der Waals surface area contributed by atoms with Gasteiger partial charge in [0.2, 0.25) is 0 Å². The molecule has 6 aliphatic rings. The van der Waals surface area contributed by atoms with E-state index in [1.54, 1.807) is 5.56 Å². The summed E-state index contributed by atoms with van der Waals surface area (Å²) in [4.78, 5) is 19.0. The van der Waals surface area contributed by atoms with Gasteiger partial charge < -0.3 is 0 Å². The summed E-state index contributed by atoms with van der Waals surface area (Å²) in [6.45, 7) is 0. The minimum Gasteiger partial charge on any atom is -0.208 e. The molecular formula is C57H47N3S. The zero-order chi connectivity index (χ0) is 40.5. The van der Waals surface area contributed by atoms with Crippen LogP contribution in [0, 0.1) is 23.7 Å². The standard InChI is InChI=1S/C57H47N3S/c1-61(2)51-22-10-9-19-45(51)46-25-23-41(34-52(46)61)40-24-26-47-50(33-40)57(43-28-35-27-36(30-43)31-44(57)29-35)49-21-12-20-48(53(47)49)56-59-54(38-15-7-4-8-16-38)58-55(60-56)42-18-11-17-39(32-42)37-13-5-3-6-14-37/h3-26,32-36,43-44H,27-31H2,1-2H3. The Bertz CT molecular complexity index is 3050. The fourth-order valence-electron chi connectivity index (χ4n) is 13.0. The third kappa shape index (κ3) is 5.21. The van der Waals surface area contributed by atoms with Crippen LogP contribution in [0.2, 0.25) is 0 Å². The van der Waals surface area contributed by atoms with Crippen LogP contribution in [0.15, 0.2) is 174 Å². The molecule has 0 N–H and O–H groups in total. The van der Waals surface area contributed by atoms with Crippen molar-refractivity contribution in [1.29, 1.82) is 0 Å². The highest BCUT2D eigenvalue weighted by Gasteiger charge is 2.62. The van der Waals surface area contributed by atoms with Crippen LogP contribution in [-0.4, -0.2) is 27.5 Å². The molecule has 2 heterocycles. The highest BCUT2D eigenvalue weighted by atomic mass is 32.3. The van der Waals surface area contributed by atoms with Gasteiger partial charge >= 0.3 is 0 Å². The molecule has 4 bridgehead atoms. The van der Waals surface area contributed by atoms with Crippen LogP contribution in [0.25, 0.3) is 78.7 Å². The maximum Gasteiger partial charge on any atom is 0.164 e. The summed E-state index contributed by atoms with van der Waals surface area (Å²) in [6, 6.07) is 60.6. The van der Waals surface area contributed by atoms with Gasteiger partial charge in [0, 0.05) is 31.9 Å². The predicted octanol–water partition coefficient (Wildman–Crippen LogP) is 14.4. The molecule has 1 spiro atoms. The number of hydrogen-bond donors (Lipinski definition) is 0. The first-order valence-electron chi connectivity index (χ1n) is 22.2. The fraction of sp³-hybridized carbons (Fsp3) is 0.211. The second kappa shape index (κ2) is 13.2. The Morgan fingerprint density at radius 2 is 0.934 bits per heavy atom. The van der Waals surface area contributed by atoms with Gasteiger partial charge in [-0.25, -0.2) is 15.0 Å². The van der Waals surface area contributed by atoms with E-state index in [9.17, 15) is 0 Å². The zero-order valence-electron chi connectivity index (χ0n) is 34.7. The Morgan fingerprint density at radius 1 is 0.393 bits per heavy atom. The third-order valence-electron chi connectivity index (χ3n) is 15.4. The van der Waals surface area contributed by atoms with Crippen molar-refractivity contribution in [3.05, 3.63) is 175 Å². The first-order chi connectivity index (χ1) is 29.9. The highest BCUT2D eigenvalue weighted by Crippen LogP contribution is 2.71. The lowest BCUT2D eigenvalue weighted by Gasteiger charge is -2.61. The van der Waals surface area contributed by atoms with Crippen molar-refractivity contribution in [3.8, 4) is 78.7 Å². The lowest BCUT2D eigenvalue weighted by Crippen LogP contribution is -2.55. The van der Waals surface area contributed by atoms with Crippen LogP contribution in [0.5, 0.6) is 0 Å². The molecule has 0 radical (unpaired) electrons. The molecule has 7 aromatic carbocycles. The molecular weight excluding hydrogens is 759 g/mol. The minimum atomic E-state index is -1.11. The van der Waals surface area contributed by atoms with Crippen LogP contribution < -0.4 is 0 Å². The molecule has 0 unspecified atom stereocenters. The van der Waals surface area contributed by atoms with Crippen molar-refractivity contribution in [3.63, 3.8) is 0 Å².